The van der Waals surface area contributed by atoms with Crippen LogP contribution in [0.4, 0.5) is 0 Å². The van der Waals surface area contributed by atoms with Gasteiger partial charge in [0.05, 0.1) is 16.5 Å². The van der Waals surface area contributed by atoms with Crippen LogP contribution in [0.5, 0.6) is 5.75 Å². The maximum absolute atomic E-state index is 12.5. The zero-order chi connectivity index (χ0) is 14.2. The Hall–Kier alpha value is -0.630. The van der Waals surface area contributed by atoms with Gasteiger partial charge in [-0.15, -0.1) is 0 Å². The van der Waals surface area contributed by atoms with Crippen LogP contribution >= 0.6 is 15.9 Å². The monoisotopic (exact) mass is 348 g/mol. The van der Waals surface area contributed by atoms with E-state index in [0.29, 0.717) is 23.3 Å². The molecule has 1 aromatic carbocycles. The molecule has 1 fully saturated rings. The Labute approximate surface area is 121 Å². The summed E-state index contributed by atoms with van der Waals surface area (Å²) in [7, 11) is -1.95. The molecular weight excluding hydrogens is 332 g/mol. The summed E-state index contributed by atoms with van der Waals surface area (Å²) in [6, 6.07) is 4.64. The molecule has 1 aliphatic heterocycles. The topological polar surface area (TPSA) is 72.6 Å². The van der Waals surface area contributed by atoms with Gasteiger partial charge in [0.25, 0.3) is 0 Å². The molecule has 106 valence electrons. The molecule has 0 spiro atoms. The molecule has 1 saturated heterocycles. The van der Waals surface area contributed by atoms with Crippen LogP contribution < -0.4 is 10.5 Å². The molecule has 2 unspecified atom stereocenters. The Morgan fingerprint density at radius 3 is 2.58 bits per heavy atom. The van der Waals surface area contributed by atoms with Crippen LogP contribution in [0, 0.1) is 5.92 Å². The molecule has 19 heavy (non-hydrogen) atoms. The highest BCUT2D eigenvalue weighted by atomic mass is 79.9. The number of benzene rings is 1. The lowest BCUT2D eigenvalue weighted by Gasteiger charge is -2.16. The third kappa shape index (κ3) is 2.79. The maximum Gasteiger partial charge on any atom is 0.243 e. The van der Waals surface area contributed by atoms with Crippen molar-refractivity contribution in [2.75, 3.05) is 20.2 Å². The number of ether oxygens (including phenoxy) is 1. The number of methoxy groups -OCH3 is 1. The first-order valence-electron chi connectivity index (χ1n) is 5.95. The average Bonchev–Trinajstić information content (AvgIpc) is 2.70. The van der Waals surface area contributed by atoms with Crippen molar-refractivity contribution >= 4 is 26.0 Å². The fraction of sp³-hybridized carbons (Fsp3) is 0.500. The minimum Gasteiger partial charge on any atom is -0.496 e. The van der Waals surface area contributed by atoms with Crippen molar-refractivity contribution in [1.29, 1.82) is 0 Å². The zero-order valence-corrected chi connectivity index (χ0v) is 13.2. The van der Waals surface area contributed by atoms with Gasteiger partial charge in [-0.3, -0.25) is 0 Å². The van der Waals surface area contributed by atoms with Crippen molar-refractivity contribution in [3.8, 4) is 5.75 Å². The highest BCUT2D eigenvalue weighted by molar-refractivity contribution is 9.10. The van der Waals surface area contributed by atoms with E-state index in [1.807, 2.05) is 6.92 Å². The third-order valence-corrected chi connectivity index (χ3v) is 5.85. The molecule has 7 heteroatoms. The van der Waals surface area contributed by atoms with Crippen molar-refractivity contribution in [1.82, 2.24) is 4.31 Å². The summed E-state index contributed by atoms with van der Waals surface area (Å²) < 4.78 is 32.1. The van der Waals surface area contributed by atoms with Gasteiger partial charge in [-0.2, -0.15) is 4.31 Å². The van der Waals surface area contributed by atoms with Crippen molar-refractivity contribution < 1.29 is 13.2 Å². The summed E-state index contributed by atoms with van der Waals surface area (Å²) in [5.74, 6) is 0.780. The predicted molar refractivity (Wildman–Crippen MR) is 76.6 cm³/mol. The lowest BCUT2D eigenvalue weighted by atomic mass is 10.1. The molecule has 0 saturated carbocycles. The van der Waals surface area contributed by atoms with Crippen LogP contribution in [-0.4, -0.2) is 39.0 Å². The number of sulfonamides is 1. The number of nitrogens with zero attached hydrogens (tertiary/aromatic N) is 1. The molecule has 2 N–H and O–H groups in total. The molecule has 0 radical (unpaired) electrons. The first kappa shape index (κ1) is 14.8. The SMILES string of the molecule is COc1ccc(S(=O)(=O)N2CC(C)C(N)C2)cc1Br. The summed E-state index contributed by atoms with van der Waals surface area (Å²) in [5, 5.41) is 0. The van der Waals surface area contributed by atoms with Crippen molar-refractivity contribution in [2.45, 2.75) is 17.9 Å². The Bertz CT molecular complexity index is 566. The number of rotatable bonds is 3. The Morgan fingerprint density at radius 1 is 1.42 bits per heavy atom. The lowest BCUT2D eigenvalue weighted by Crippen LogP contribution is -2.32. The van der Waals surface area contributed by atoms with Gasteiger partial charge < -0.3 is 10.5 Å². The lowest BCUT2D eigenvalue weighted by molar-refractivity contribution is 0.411. The van der Waals surface area contributed by atoms with E-state index in [1.165, 1.54) is 11.4 Å². The van der Waals surface area contributed by atoms with Gasteiger partial charge in [-0.05, 0) is 40.0 Å². The second-order valence-electron chi connectivity index (χ2n) is 4.76. The number of nitrogens with two attached hydrogens (primary N) is 1. The molecule has 0 aliphatic carbocycles. The predicted octanol–water partition coefficient (Wildman–Crippen LogP) is 1.43. The van der Waals surface area contributed by atoms with Crippen LogP contribution in [0.1, 0.15) is 6.92 Å². The molecule has 2 atom stereocenters. The first-order valence-corrected chi connectivity index (χ1v) is 8.19. The molecule has 0 bridgehead atoms. The Balaban J connectivity index is 2.33. The van der Waals surface area contributed by atoms with Gasteiger partial charge in [-0.1, -0.05) is 6.92 Å². The van der Waals surface area contributed by atoms with E-state index >= 15 is 0 Å². The molecular formula is C12H17BrN2O3S. The quantitative estimate of drug-likeness (QED) is 0.896. The van der Waals surface area contributed by atoms with Gasteiger partial charge >= 0.3 is 0 Å². The summed E-state index contributed by atoms with van der Waals surface area (Å²) in [6.45, 7) is 2.80. The second kappa shape index (κ2) is 5.40. The van der Waals surface area contributed by atoms with Gasteiger partial charge in [0.15, 0.2) is 0 Å². The standard InChI is InChI=1S/C12H17BrN2O3S/c1-8-6-15(7-11(8)14)19(16,17)9-3-4-12(18-2)10(13)5-9/h3-5,8,11H,6-7,14H2,1-2H3. The minimum atomic E-state index is -3.48. The van der Waals surface area contributed by atoms with E-state index in [-0.39, 0.29) is 16.9 Å². The fourth-order valence-corrected chi connectivity index (χ4v) is 4.40. The highest BCUT2D eigenvalue weighted by Crippen LogP contribution is 2.30. The number of hydrogen-bond acceptors (Lipinski definition) is 4. The van der Waals surface area contributed by atoms with Gasteiger partial charge in [-0.25, -0.2) is 8.42 Å². The van der Waals surface area contributed by atoms with Crippen LogP contribution in [0.15, 0.2) is 27.6 Å². The number of halogens is 1. The van der Waals surface area contributed by atoms with Crippen molar-refractivity contribution in [2.24, 2.45) is 11.7 Å². The largest absolute Gasteiger partial charge is 0.496 e. The molecule has 2 rings (SSSR count). The van der Waals surface area contributed by atoms with E-state index in [1.54, 1.807) is 18.2 Å². The first-order chi connectivity index (χ1) is 8.86. The molecule has 0 amide bonds. The van der Waals surface area contributed by atoms with E-state index < -0.39 is 10.0 Å². The summed E-state index contributed by atoms with van der Waals surface area (Å²) in [4.78, 5) is 0.251. The maximum atomic E-state index is 12.5. The zero-order valence-electron chi connectivity index (χ0n) is 10.8. The summed E-state index contributed by atoms with van der Waals surface area (Å²) in [5.41, 5.74) is 5.88. The van der Waals surface area contributed by atoms with E-state index in [4.69, 9.17) is 10.5 Å². The van der Waals surface area contributed by atoms with Crippen LogP contribution in [0.3, 0.4) is 0 Å². The van der Waals surface area contributed by atoms with Crippen LogP contribution in [-0.2, 0) is 10.0 Å². The molecule has 1 aliphatic rings. The van der Waals surface area contributed by atoms with Crippen LogP contribution in [0.2, 0.25) is 0 Å². The highest BCUT2D eigenvalue weighted by Gasteiger charge is 2.35. The smallest absolute Gasteiger partial charge is 0.243 e. The van der Waals surface area contributed by atoms with E-state index in [9.17, 15) is 8.42 Å². The van der Waals surface area contributed by atoms with Crippen molar-refractivity contribution in [3.63, 3.8) is 0 Å². The van der Waals surface area contributed by atoms with E-state index in [2.05, 4.69) is 15.9 Å². The summed E-state index contributed by atoms with van der Waals surface area (Å²) in [6.07, 6.45) is 0. The molecule has 1 heterocycles. The fourth-order valence-electron chi connectivity index (χ4n) is 2.10. The Morgan fingerprint density at radius 2 is 2.11 bits per heavy atom. The minimum absolute atomic E-state index is 0.100. The summed E-state index contributed by atoms with van der Waals surface area (Å²) >= 11 is 3.30. The van der Waals surface area contributed by atoms with Crippen LogP contribution in [0.25, 0.3) is 0 Å². The van der Waals surface area contributed by atoms with Gasteiger partial charge in [0.1, 0.15) is 5.75 Å². The van der Waals surface area contributed by atoms with E-state index in [0.717, 1.165) is 0 Å². The molecule has 1 aromatic rings. The normalized spacial score (nSPS) is 24.6. The average molecular weight is 349 g/mol. The van der Waals surface area contributed by atoms with Gasteiger partial charge in [0.2, 0.25) is 10.0 Å². The molecule has 0 aromatic heterocycles. The second-order valence-corrected chi connectivity index (χ2v) is 7.55. The third-order valence-electron chi connectivity index (χ3n) is 3.40. The number of hydrogen-bond donors (Lipinski definition) is 1. The van der Waals surface area contributed by atoms with Gasteiger partial charge in [0, 0.05) is 19.1 Å². The Kier molecular flexibility index (Phi) is 4.20. The van der Waals surface area contributed by atoms with Crippen molar-refractivity contribution in [3.05, 3.63) is 22.7 Å². The molecule has 5 nitrogen and oxygen atoms in total.